The lowest BCUT2D eigenvalue weighted by Crippen LogP contribution is -2.83. The third-order valence-corrected chi connectivity index (χ3v) is 13.3. The van der Waals surface area contributed by atoms with E-state index in [0.717, 1.165) is 19.6 Å². The highest BCUT2D eigenvalue weighted by atomic mass is 28.4. The van der Waals surface area contributed by atoms with Gasteiger partial charge in [0.2, 0.25) is 0 Å². The topological polar surface area (TPSA) is 27.3 Å². The highest BCUT2D eigenvalue weighted by Crippen LogP contribution is 2.17. The minimum absolute atomic E-state index is 1.09. The molecule has 0 bridgehead atoms. The number of hydrogen-bond donors (Lipinski definition) is 2. The average Bonchev–Trinajstić information content (AvgIpc) is 2.55. The van der Waals surface area contributed by atoms with Gasteiger partial charge in [0.25, 0.3) is 0 Å². The summed E-state index contributed by atoms with van der Waals surface area (Å²) in [5.74, 6) is 0. The Morgan fingerprint density at radius 2 is 1.33 bits per heavy atom. The van der Waals surface area contributed by atoms with E-state index in [9.17, 15) is 0 Å². The van der Waals surface area contributed by atoms with Gasteiger partial charge in [-0.2, -0.15) is 0 Å². The molecule has 0 unspecified atom stereocenters. The molecule has 0 heterocycles. The van der Waals surface area contributed by atoms with Crippen molar-refractivity contribution in [2.75, 3.05) is 19.6 Å². The van der Waals surface area contributed by atoms with Gasteiger partial charge < -0.3 is 14.2 Å². The van der Waals surface area contributed by atoms with Crippen molar-refractivity contribution in [2.24, 2.45) is 0 Å². The summed E-state index contributed by atoms with van der Waals surface area (Å²) in [6.07, 6.45) is 4.95. The van der Waals surface area contributed by atoms with Gasteiger partial charge in [0, 0.05) is 0 Å². The van der Waals surface area contributed by atoms with Gasteiger partial charge in [-0.3, -0.25) is 0 Å². The minimum atomic E-state index is -2.12. The summed E-state index contributed by atoms with van der Waals surface area (Å²) < 4.78 is 2.83. The first kappa shape index (κ1) is 21.6. The van der Waals surface area contributed by atoms with Crippen LogP contribution < -0.4 is 15.2 Å². The van der Waals surface area contributed by atoms with Crippen LogP contribution in [0, 0.1) is 0 Å². The van der Waals surface area contributed by atoms with Gasteiger partial charge in [-0.05, 0) is 37.7 Å². The molecule has 0 spiro atoms. The zero-order valence-electron chi connectivity index (χ0n) is 16.8. The molecule has 0 aliphatic carbocycles. The summed E-state index contributed by atoms with van der Waals surface area (Å²) in [5, 5.41) is 1.47. The van der Waals surface area contributed by atoms with Crippen LogP contribution in [0.2, 0.25) is 19.6 Å². The monoisotopic (exact) mass is 365 g/mol. The van der Waals surface area contributed by atoms with Gasteiger partial charge in [-0.15, -0.1) is 0 Å². The van der Waals surface area contributed by atoms with Gasteiger partial charge >= 0.3 is 8.56 Å². The summed E-state index contributed by atoms with van der Waals surface area (Å²) in [4.78, 5) is 8.11. The van der Waals surface area contributed by atoms with Crippen molar-refractivity contribution in [3.63, 3.8) is 0 Å². The molecular weight excluding hydrogens is 326 g/mol. The first-order chi connectivity index (χ1) is 11.4. The maximum Gasteiger partial charge on any atom is 0.311 e. The highest BCUT2D eigenvalue weighted by molar-refractivity contribution is 6.95. The Balaban J connectivity index is 3.29. The SMILES string of the molecule is CCCCN[Si](NCCCC)(c1ccccc1)N(CC)[Si](C)(C)C. The molecule has 1 aromatic rings. The van der Waals surface area contributed by atoms with Crippen molar-refractivity contribution in [1.82, 2.24) is 14.2 Å². The molecule has 0 fully saturated rings. The van der Waals surface area contributed by atoms with Gasteiger partial charge in [-0.25, -0.2) is 0 Å². The van der Waals surface area contributed by atoms with Crippen LogP contribution in [-0.2, 0) is 0 Å². The molecule has 0 saturated carbocycles. The summed E-state index contributed by atoms with van der Waals surface area (Å²) in [5.41, 5.74) is 0. The normalized spacial score (nSPS) is 12.8. The van der Waals surface area contributed by atoms with Gasteiger partial charge in [-0.1, -0.05) is 83.6 Å². The van der Waals surface area contributed by atoms with Gasteiger partial charge in [0.05, 0.1) is 0 Å². The fraction of sp³-hybridized carbons (Fsp3) is 0.684. The van der Waals surface area contributed by atoms with Crippen molar-refractivity contribution in [3.05, 3.63) is 30.3 Å². The largest absolute Gasteiger partial charge is 0.318 e. The van der Waals surface area contributed by atoms with E-state index in [4.69, 9.17) is 0 Å². The number of benzene rings is 1. The highest BCUT2D eigenvalue weighted by Gasteiger charge is 2.46. The van der Waals surface area contributed by atoms with Crippen LogP contribution in [-0.4, -0.2) is 40.7 Å². The number of hydrogen-bond acceptors (Lipinski definition) is 3. The molecule has 0 atom stereocenters. The van der Waals surface area contributed by atoms with Crippen LogP contribution >= 0.6 is 0 Å². The third kappa shape index (κ3) is 5.81. The summed E-state index contributed by atoms with van der Waals surface area (Å²) >= 11 is 0. The standard InChI is InChI=1S/C19H39N3Si2/c1-7-10-17-20-24(21-18-11-8-2,19-15-13-12-14-16-19)22(9-3)23(4,5)6/h12-16,20-21H,7-11,17-18H2,1-6H3. The van der Waals surface area contributed by atoms with Crippen molar-refractivity contribution >= 4 is 22.0 Å². The molecule has 0 aliphatic heterocycles. The molecule has 2 N–H and O–H groups in total. The molecule has 0 aromatic heterocycles. The number of nitrogens with one attached hydrogen (secondary N) is 2. The molecule has 0 aliphatic rings. The number of nitrogens with zero attached hydrogens (tertiary/aromatic N) is 1. The zero-order chi connectivity index (χ0) is 18.1. The van der Waals surface area contributed by atoms with Crippen molar-refractivity contribution in [3.8, 4) is 0 Å². The third-order valence-electron chi connectivity index (χ3n) is 4.54. The van der Waals surface area contributed by atoms with Crippen molar-refractivity contribution in [2.45, 2.75) is 66.1 Å². The average molecular weight is 366 g/mol. The Hall–Kier alpha value is -0.466. The number of rotatable bonds is 12. The molecule has 138 valence electrons. The molecule has 0 saturated heterocycles. The molecule has 5 heteroatoms. The second kappa shape index (κ2) is 10.5. The van der Waals surface area contributed by atoms with Crippen LogP contribution in [0.5, 0.6) is 0 Å². The summed E-state index contributed by atoms with van der Waals surface area (Å²) in [6, 6.07) is 11.2. The van der Waals surface area contributed by atoms with E-state index in [-0.39, 0.29) is 0 Å². The molecule has 1 aromatic carbocycles. The molecule has 24 heavy (non-hydrogen) atoms. The fourth-order valence-corrected chi connectivity index (χ4v) is 12.7. The minimum Gasteiger partial charge on any atom is -0.318 e. The van der Waals surface area contributed by atoms with E-state index in [1.807, 2.05) is 0 Å². The van der Waals surface area contributed by atoms with E-state index in [1.165, 1.54) is 30.9 Å². The van der Waals surface area contributed by atoms with Gasteiger partial charge in [0.15, 0.2) is 0 Å². The smallest absolute Gasteiger partial charge is 0.311 e. The van der Waals surface area contributed by atoms with Crippen LogP contribution in [0.3, 0.4) is 0 Å². The first-order valence-electron chi connectivity index (χ1n) is 9.75. The maximum atomic E-state index is 4.06. The second-order valence-corrected chi connectivity index (χ2v) is 16.1. The van der Waals surface area contributed by atoms with Crippen LogP contribution in [0.15, 0.2) is 30.3 Å². The van der Waals surface area contributed by atoms with Crippen LogP contribution in [0.25, 0.3) is 0 Å². The van der Waals surface area contributed by atoms with E-state index >= 15 is 0 Å². The van der Waals surface area contributed by atoms with Crippen LogP contribution in [0.4, 0.5) is 0 Å². The summed E-state index contributed by atoms with van der Waals surface area (Å²) in [7, 11) is -3.57. The Kier molecular flexibility index (Phi) is 9.45. The van der Waals surface area contributed by atoms with Crippen molar-refractivity contribution in [1.29, 1.82) is 0 Å². The predicted octanol–water partition coefficient (Wildman–Crippen LogP) is 3.77. The first-order valence-corrected chi connectivity index (χ1v) is 15.1. The lowest BCUT2D eigenvalue weighted by atomic mass is 10.3. The van der Waals surface area contributed by atoms with Gasteiger partial charge in [0.1, 0.15) is 8.24 Å². The lowest BCUT2D eigenvalue weighted by molar-refractivity contribution is 0.576. The van der Waals surface area contributed by atoms with Crippen LogP contribution in [0.1, 0.15) is 46.5 Å². The van der Waals surface area contributed by atoms with E-state index in [1.54, 1.807) is 0 Å². The second-order valence-electron chi connectivity index (χ2n) is 7.55. The molecular formula is C19H39N3Si2. The van der Waals surface area contributed by atoms with Crippen molar-refractivity contribution < 1.29 is 0 Å². The quantitative estimate of drug-likeness (QED) is 0.436. The Morgan fingerprint density at radius 1 is 0.833 bits per heavy atom. The van der Waals surface area contributed by atoms with E-state index in [0.29, 0.717) is 0 Å². The Labute approximate surface area is 152 Å². The lowest BCUT2D eigenvalue weighted by Gasteiger charge is -2.48. The molecule has 0 amide bonds. The predicted molar refractivity (Wildman–Crippen MR) is 113 cm³/mol. The fourth-order valence-electron chi connectivity index (χ4n) is 3.40. The Morgan fingerprint density at radius 3 is 1.71 bits per heavy atom. The van der Waals surface area contributed by atoms with E-state index in [2.05, 4.69) is 84.9 Å². The zero-order valence-corrected chi connectivity index (χ0v) is 18.8. The molecule has 0 radical (unpaired) electrons. The number of unbranched alkanes of at least 4 members (excludes halogenated alkanes) is 2. The molecule has 1 rings (SSSR count). The van der Waals surface area contributed by atoms with E-state index < -0.39 is 16.8 Å². The maximum absolute atomic E-state index is 4.06. The summed E-state index contributed by atoms with van der Waals surface area (Å²) in [6.45, 7) is 17.6. The Bertz CT molecular complexity index is 436. The molecule has 3 nitrogen and oxygen atoms in total.